The molecule has 1 heterocycles. The molecule has 0 radical (unpaired) electrons. The summed E-state index contributed by atoms with van der Waals surface area (Å²) in [6, 6.07) is 29.1. The van der Waals surface area contributed by atoms with E-state index in [0.717, 1.165) is 33.9 Å². The van der Waals surface area contributed by atoms with Crippen molar-refractivity contribution in [3.05, 3.63) is 108 Å². The number of fused-ring (bicyclic) bond motifs is 3. The molecule has 0 bridgehead atoms. The van der Waals surface area contributed by atoms with Gasteiger partial charge in [0.1, 0.15) is 0 Å². The van der Waals surface area contributed by atoms with E-state index in [-0.39, 0.29) is 18.0 Å². The highest BCUT2D eigenvalue weighted by Gasteiger charge is 2.27. The van der Waals surface area contributed by atoms with E-state index in [2.05, 4.69) is 28.9 Å². The van der Waals surface area contributed by atoms with Crippen LogP contribution in [0.5, 0.6) is 0 Å². The van der Waals surface area contributed by atoms with Gasteiger partial charge in [-0.05, 0) is 61.0 Å². The number of nitrogens with zero attached hydrogens (tertiary/aromatic N) is 2. The van der Waals surface area contributed by atoms with Crippen LogP contribution in [-0.4, -0.2) is 29.7 Å². The van der Waals surface area contributed by atoms with Crippen LogP contribution >= 0.6 is 11.6 Å². The van der Waals surface area contributed by atoms with E-state index in [4.69, 9.17) is 11.6 Å². The molecule has 0 spiro atoms. The molecular formula is C29H26ClN3O3S. The number of aryl methyl sites for hydroxylation is 1. The first kappa shape index (κ1) is 25.0. The van der Waals surface area contributed by atoms with Gasteiger partial charge in [0, 0.05) is 45.6 Å². The molecule has 0 aliphatic carbocycles. The maximum absolute atomic E-state index is 13.5. The van der Waals surface area contributed by atoms with E-state index in [1.165, 1.54) is 28.6 Å². The predicted molar refractivity (Wildman–Crippen MR) is 149 cm³/mol. The molecule has 6 nitrogen and oxygen atoms in total. The lowest BCUT2D eigenvalue weighted by Crippen LogP contribution is -2.37. The third-order valence-corrected chi connectivity index (χ3v) is 8.40. The van der Waals surface area contributed by atoms with Crippen LogP contribution in [0.4, 0.5) is 5.69 Å². The molecular weight excluding hydrogens is 506 g/mol. The lowest BCUT2D eigenvalue weighted by Gasteiger charge is -2.22. The number of para-hydroxylation sites is 1. The van der Waals surface area contributed by atoms with E-state index >= 15 is 0 Å². The first-order chi connectivity index (χ1) is 17.9. The van der Waals surface area contributed by atoms with Crippen molar-refractivity contribution in [2.24, 2.45) is 0 Å². The van der Waals surface area contributed by atoms with E-state index in [9.17, 15) is 13.2 Å². The Morgan fingerprint density at radius 1 is 0.865 bits per heavy atom. The smallest absolute Gasteiger partial charge is 0.243 e. The molecule has 0 aliphatic heterocycles. The summed E-state index contributed by atoms with van der Waals surface area (Å²) in [6.45, 7) is 2.65. The molecule has 0 saturated carbocycles. The third-order valence-electron chi connectivity index (χ3n) is 6.35. The summed E-state index contributed by atoms with van der Waals surface area (Å²) in [5.74, 6) is -0.424. The topological polar surface area (TPSA) is 71.4 Å². The molecule has 188 valence electrons. The number of anilines is 1. The summed E-state index contributed by atoms with van der Waals surface area (Å²) < 4.78 is 30.4. The Hall–Kier alpha value is -3.65. The predicted octanol–water partition coefficient (Wildman–Crippen LogP) is 6.30. The van der Waals surface area contributed by atoms with Crippen LogP contribution in [0.3, 0.4) is 0 Å². The minimum absolute atomic E-state index is 0.0578. The monoisotopic (exact) mass is 531 g/mol. The highest BCUT2D eigenvalue weighted by Crippen LogP contribution is 2.31. The van der Waals surface area contributed by atoms with Crippen molar-refractivity contribution in [3.63, 3.8) is 0 Å². The average Bonchev–Trinajstić information content (AvgIpc) is 3.22. The number of benzene rings is 4. The lowest BCUT2D eigenvalue weighted by atomic mass is 10.1. The molecule has 5 rings (SSSR count). The molecule has 5 aromatic rings. The largest absolute Gasteiger partial charge is 0.341 e. The van der Waals surface area contributed by atoms with Crippen molar-refractivity contribution >= 4 is 55.0 Å². The lowest BCUT2D eigenvalue weighted by molar-refractivity contribution is -0.116. The molecule has 0 atom stereocenters. The number of carbonyl (C=O) groups is 1. The Labute approximate surface area is 221 Å². The second kappa shape index (κ2) is 10.4. The van der Waals surface area contributed by atoms with Crippen LogP contribution in [0.1, 0.15) is 12.5 Å². The van der Waals surface area contributed by atoms with Crippen LogP contribution < -0.4 is 5.32 Å². The quantitative estimate of drug-likeness (QED) is 0.255. The molecule has 37 heavy (non-hydrogen) atoms. The zero-order valence-electron chi connectivity index (χ0n) is 20.3. The zero-order valence-corrected chi connectivity index (χ0v) is 21.8. The fraction of sp³-hybridized carbons (Fsp3) is 0.138. The highest BCUT2D eigenvalue weighted by atomic mass is 35.5. The molecule has 1 N–H and O–H groups in total. The first-order valence-electron chi connectivity index (χ1n) is 12.0. The van der Waals surface area contributed by atoms with Gasteiger partial charge < -0.3 is 9.88 Å². The second-order valence-corrected chi connectivity index (χ2v) is 11.1. The van der Waals surface area contributed by atoms with Crippen molar-refractivity contribution in [2.45, 2.75) is 24.9 Å². The van der Waals surface area contributed by atoms with Crippen molar-refractivity contribution in [2.75, 3.05) is 11.9 Å². The summed E-state index contributed by atoms with van der Waals surface area (Å²) in [5.41, 5.74) is 3.60. The number of hydrogen-bond donors (Lipinski definition) is 1. The minimum atomic E-state index is -3.96. The van der Waals surface area contributed by atoms with Crippen LogP contribution in [0.15, 0.2) is 102 Å². The van der Waals surface area contributed by atoms with E-state index in [0.29, 0.717) is 10.7 Å². The van der Waals surface area contributed by atoms with Gasteiger partial charge in [-0.2, -0.15) is 4.31 Å². The fourth-order valence-electron chi connectivity index (χ4n) is 4.60. The molecule has 0 aliphatic rings. The Balaban J connectivity index is 1.44. The maximum atomic E-state index is 13.5. The summed E-state index contributed by atoms with van der Waals surface area (Å²) >= 11 is 5.96. The Morgan fingerprint density at radius 3 is 2.27 bits per heavy atom. The number of aromatic nitrogens is 1. The maximum Gasteiger partial charge on any atom is 0.243 e. The van der Waals surface area contributed by atoms with E-state index in [1.54, 1.807) is 0 Å². The Bertz CT molecular complexity index is 1680. The molecule has 0 saturated heterocycles. The average molecular weight is 532 g/mol. The summed E-state index contributed by atoms with van der Waals surface area (Å²) in [5, 5.41) is 5.47. The van der Waals surface area contributed by atoms with Crippen LogP contribution in [0.2, 0.25) is 5.02 Å². The molecule has 1 amide bonds. The number of nitrogens with one attached hydrogen (secondary N) is 1. The number of hydrogen-bond acceptors (Lipinski definition) is 3. The van der Waals surface area contributed by atoms with Crippen molar-refractivity contribution in [3.8, 4) is 0 Å². The molecule has 1 aromatic heterocycles. The molecule has 8 heteroatoms. The summed E-state index contributed by atoms with van der Waals surface area (Å²) in [4.78, 5) is 13.2. The highest BCUT2D eigenvalue weighted by molar-refractivity contribution is 7.89. The van der Waals surface area contributed by atoms with Gasteiger partial charge in [-0.15, -0.1) is 0 Å². The minimum Gasteiger partial charge on any atom is -0.341 e. The number of halogens is 1. The third kappa shape index (κ3) is 5.11. The van der Waals surface area contributed by atoms with Gasteiger partial charge >= 0.3 is 0 Å². The van der Waals surface area contributed by atoms with E-state index < -0.39 is 15.9 Å². The number of sulfonamides is 1. The summed E-state index contributed by atoms with van der Waals surface area (Å²) in [7, 11) is -3.96. The van der Waals surface area contributed by atoms with Crippen LogP contribution in [-0.2, 0) is 27.9 Å². The second-order valence-electron chi connectivity index (χ2n) is 8.75. The van der Waals surface area contributed by atoms with Gasteiger partial charge in [0.15, 0.2) is 0 Å². The molecule has 0 fully saturated rings. The van der Waals surface area contributed by atoms with Gasteiger partial charge in [-0.3, -0.25) is 4.79 Å². The number of carbonyl (C=O) groups excluding carboxylic acids is 1. The number of rotatable bonds is 8. The van der Waals surface area contributed by atoms with Gasteiger partial charge in [-0.25, -0.2) is 8.42 Å². The van der Waals surface area contributed by atoms with Gasteiger partial charge in [-0.1, -0.05) is 60.1 Å². The van der Waals surface area contributed by atoms with E-state index in [1.807, 2.05) is 60.7 Å². The first-order valence-corrected chi connectivity index (χ1v) is 13.8. The zero-order chi connectivity index (χ0) is 26.0. The molecule has 0 unspecified atom stereocenters. The van der Waals surface area contributed by atoms with Crippen LogP contribution in [0, 0.1) is 0 Å². The SMILES string of the molecule is CCn1c2ccccc2c2cc(NC(=O)CN(Cc3ccccc3)S(=O)(=O)c3ccc(Cl)cc3)ccc21. The van der Waals surface area contributed by atoms with Gasteiger partial charge in [0.05, 0.1) is 11.4 Å². The Morgan fingerprint density at radius 2 is 1.54 bits per heavy atom. The van der Waals surface area contributed by atoms with Crippen molar-refractivity contribution < 1.29 is 13.2 Å². The van der Waals surface area contributed by atoms with Gasteiger partial charge in [0.2, 0.25) is 15.9 Å². The molecule has 4 aromatic carbocycles. The van der Waals surface area contributed by atoms with Crippen LogP contribution in [0.25, 0.3) is 21.8 Å². The van der Waals surface area contributed by atoms with Crippen molar-refractivity contribution in [1.82, 2.24) is 8.87 Å². The fourth-order valence-corrected chi connectivity index (χ4v) is 6.11. The van der Waals surface area contributed by atoms with Gasteiger partial charge in [0.25, 0.3) is 0 Å². The standard InChI is InChI=1S/C29H26ClN3O3S/c1-2-33-27-11-7-6-10-25(27)26-18-23(14-17-28(26)33)31-29(34)20-32(19-21-8-4-3-5-9-21)37(35,36)24-15-12-22(30)13-16-24/h3-18H,2,19-20H2,1H3,(H,31,34). The Kier molecular flexibility index (Phi) is 7.02. The summed E-state index contributed by atoms with van der Waals surface area (Å²) in [6.07, 6.45) is 0. The number of amides is 1. The van der Waals surface area contributed by atoms with Crippen molar-refractivity contribution in [1.29, 1.82) is 0 Å². The normalized spacial score (nSPS) is 11.9.